The Balaban J connectivity index is 2.38. The molecule has 1 N–H and O–H groups in total. The van der Waals surface area contributed by atoms with Gasteiger partial charge in [-0.15, -0.1) is 0 Å². The molecule has 0 atom stereocenters. The SMILES string of the molecule is O=C(O)CCSCc1ccc(F)c(Br)c1. The molecule has 0 saturated carbocycles. The highest BCUT2D eigenvalue weighted by atomic mass is 79.9. The van der Waals surface area contributed by atoms with Gasteiger partial charge in [-0.1, -0.05) is 6.07 Å². The molecule has 0 aliphatic heterocycles. The number of aliphatic carboxylic acids is 1. The predicted octanol–water partition coefficient (Wildman–Crippen LogP) is 3.30. The van der Waals surface area contributed by atoms with Crippen LogP contribution in [0.5, 0.6) is 0 Å². The third kappa shape index (κ3) is 4.66. The third-order valence-corrected chi connectivity index (χ3v) is 3.35. The molecule has 0 saturated heterocycles. The number of thioether (sulfide) groups is 1. The lowest BCUT2D eigenvalue weighted by molar-refractivity contribution is -0.136. The summed E-state index contributed by atoms with van der Waals surface area (Å²) in [5, 5.41) is 8.42. The minimum absolute atomic E-state index is 0.160. The molecule has 0 aliphatic rings. The van der Waals surface area contributed by atoms with E-state index >= 15 is 0 Å². The molecule has 1 rings (SSSR count). The van der Waals surface area contributed by atoms with E-state index in [9.17, 15) is 9.18 Å². The maximum Gasteiger partial charge on any atom is 0.304 e. The molecule has 0 aliphatic carbocycles. The fourth-order valence-electron chi connectivity index (χ4n) is 0.979. The molecule has 0 spiro atoms. The number of halogens is 2. The van der Waals surface area contributed by atoms with Crippen molar-refractivity contribution in [3.63, 3.8) is 0 Å². The molecule has 0 aromatic heterocycles. The van der Waals surface area contributed by atoms with Gasteiger partial charge in [-0.05, 0) is 33.6 Å². The molecule has 82 valence electrons. The van der Waals surface area contributed by atoms with Crippen molar-refractivity contribution >= 4 is 33.7 Å². The van der Waals surface area contributed by atoms with E-state index in [1.807, 2.05) is 0 Å². The van der Waals surface area contributed by atoms with E-state index in [4.69, 9.17) is 5.11 Å². The monoisotopic (exact) mass is 292 g/mol. The molecule has 0 fully saturated rings. The van der Waals surface area contributed by atoms with Crippen LogP contribution in [0.2, 0.25) is 0 Å². The summed E-state index contributed by atoms with van der Waals surface area (Å²) in [5.41, 5.74) is 0.985. The summed E-state index contributed by atoms with van der Waals surface area (Å²) >= 11 is 4.62. The van der Waals surface area contributed by atoms with Crippen LogP contribution in [0, 0.1) is 5.82 Å². The van der Waals surface area contributed by atoms with Crippen molar-refractivity contribution < 1.29 is 14.3 Å². The number of carboxylic acid groups (broad SMARTS) is 1. The highest BCUT2D eigenvalue weighted by molar-refractivity contribution is 9.10. The van der Waals surface area contributed by atoms with Gasteiger partial charge in [0.1, 0.15) is 5.82 Å². The van der Waals surface area contributed by atoms with Crippen molar-refractivity contribution in [3.05, 3.63) is 34.1 Å². The molecule has 1 aromatic rings. The summed E-state index contributed by atoms with van der Waals surface area (Å²) in [5.74, 6) is 0.202. The van der Waals surface area contributed by atoms with E-state index in [0.717, 1.165) is 5.56 Å². The van der Waals surface area contributed by atoms with E-state index in [-0.39, 0.29) is 12.2 Å². The molecule has 1 aromatic carbocycles. The molecule has 0 unspecified atom stereocenters. The average molecular weight is 293 g/mol. The first kappa shape index (κ1) is 12.5. The van der Waals surface area contributed by atoms with Crippen LogP contribution in [0.25, 0.3) is 0 Å². The lowest BCUT2D eigenvalue weighted by Gasteiger charge is -2.02. The van der Waals surface area contributed by atoms with Gasteiger partial charge in [-0.25, -0.2) is 4.39 Å². The van der Waals surface area contributed by atoms with E-state index in [1.54, 1.807) is 12.1 Å². The zero-order valence-electron chi connectivity index (χ0n) is 7.87. The van der Waals surface area contributed by atoms with Crippen molar-refractivity contribution in [2.24, 2.45) is 0 Å². The standard InChI is InChI=1S/C10H10BrFO2S/c11-8-5-7(1-2-9(8)12)6-15-4-3-10(13)14/h1-2,5H,3-4,6H2,(H,13,14). The molecule has 5 heteroatoms. The van der Waals surface area contributed by atoms with Crippen molar-refractivity contribution in [3.8, 4) is 0 Å². The normalized spacial score (nSPS) is 10.3. The second kappa shape index (κ2) is 6.12. The quantitative estimate of drug-likeness (QED) is 0.846. The van der Waals surface area contributed by atoms with Crippen LogP contribution in [0.3, 0.4) is 0 Å². The number of carboxylic acids is 1. The van der Waals surface area contributed by atoms with Gasteiger partial charge in [0, 0.05) is 11.5 Å². The number of rotatable bonds is 5. The van der Waals surface area contributed by atoms with Gasteiger partial charge in [0.25, 0.3) is 0 Å². The maximum absolute atomic E-state index is 12.9. The molecule has 0 heterocycles. The Hall–Kier alpha value is -0.550. The number of hydrogen-bond acceptors (Lipinski definition) is 2. The Bertz CT molecular complexity index is 357. The molecule has 2 nitrogen and oxygen atoms in total. The van der Waals surface area contributed by atoms with Crippen molar-refractivity contribution in [1.29, 1.82) is 0 Å². The predicted molar refractivity (Wildman–Crippen MR) is 62.5 cm³/mol. The molecule has 0 bridgehead atoms. The lowest BCUT2D eigenvalue weighted by Crippen LogP contribution is -1.96. The number of carbonyl (C=O) groups is 1. The van der Waals surface area contributed by atoms with Gasteiger partial charge >= 0.3 is 5.97 Å². The van der Waals surface area contributed by atoms with Gasteiger partial charge in [0.15, 0.2) is 0 Å². The third-order valence-electron chi connectivity index (χ3n) is 1.71. The van der Waals surface area contributed by atoms with Gasteiger partial charge in [-0.2, -0.15) is 11.8 Å². The summed E-state index contributed by atoms with van der Waals surface area (Å²) in [4.78, 5) is 10.2. The van der Waals surface area contributed by atoms with Gasteiger partial charge in [0.05, 0.1) is 10.9 Å². The minimum atomic E-state index is -0.789. The van der Waals surface area contributed by atoms with Crippen LogP contribution in [0.4, 0.5) is 4.39 Å². The molecule has 15 heavy (non-hydrogen) atoms. The first-order valence-corrected chi connectivity index (χ1v) is 6.28. The first-order valence-electron chi connectivity index (χ1n) is 4.33. The Labute approximate surface area is 100 Å². The molecule has 0 radical (unpaired) electrons. The van der Waals surface area contributed by atoms with E-state index < -0.39 is 5.97 Å². The van der Waals surface area contributed by atoms with Crippen LogP contribution in [0.15, 0.2) is 22.7 Å². The minimum Gasteiger partial charge on any atom is -0.481 e. The fourth-order valence-corrected chi connectivity index (χ4v) is 2.28. The van der Waals surface area contributed by atoms with Crippen molar-refractivity contribution in [2.75, 3.05) is 5.75 Å². The van der Waals surface area contributed by atoms with Crippen LogP contribution < -0.4 is 0 Å². The highest BCUT2D eigenvalue weighted by Crippen LogP contribution is 2.20. The summed E-state index contributed by atoms with van der Waals surface area (Å²) in [6.45, 7) is 0. The molecule has 0 amide bonds. The Kier molecular flexibility index (Phi) is 5.11. The maximum atomic E-state index is 12.9. The van der Waals surface area contributed by atoms with Gasteiger partial charge in [0.2, 0.25) is 0 Å². The Morgan fingerprint density at radius 2 is 2.27 bits per heavy atom. The smallest absolute Gasteiger partial charge is 0.304 e. The van der Waals surface area contributed by atoms with Crippen LogP contribution in [0.1, 0.15) is 12.0 Å². The first-order chi connectivity index (χ1) is 7.09. The molecular weight excluding hydrogens is 283 g/mol. The van der Waals surface area contributed by atoms with E-state index in [1.165, 1.54) is 17.8 Å². The van der Waals surface area contributed by atoms with E-state index in [2.05, 4.69) is 15.9 Å². The zero-order chi connectivity index (χ0) is 11.3. The van der Waals surface area contributed by atoms with Gasteiger partial charge in [-0.3, -0.25) is 4.79 Å². The summed E-state index contributed by atoms with van der Waals surface area (Å²) in [7, 11) is 0. The Morgan fingerprint density at radius 3 is 2.87 bits per heavy atom. The van der Waals surface area contributed by atoms with E-state index in [0.29, 0.717) is 16.0 Å². The number of hydrogen-bond donors (Lipinski definition) is 1. The second-order valence-corrected chi connectivity index (χ2v) is 4.90. The topological polar surface area (TPSA) is 37.3 Å². The largest absolute Gasteiger partial charge is 0.481 e. The van der Waals surface area contributed by atoms with Crippen LogP contribution >= 0.6 is 27.7 Å². The average Bonchev–Trinajstić information content (AvgIpc) is 2.18. The summed E-state index contributed by atoms with van der Waals surface area (Å²) in [6.07, 6.45) is 0.160. The highest BCUT2D eigenvalue weighted by Gasteiger charge is 2.01. The van der Waals surface area contributed by atoms with Crippen LogP contribution in [-0.4, -0.2) is 16.8 Å². The van der Waals surface area contributed by atoms with Crippen LogP contribution in [-0.2, 0) is 10.5 Å². The van der Waals surface area contributed by atoms with Crippen molar-refractivity contribution in [2.45, 2.75) is 12.2 Å². The second-order valence-electron chi connectivity index (χ2n) is 2.94. The Morgan fingerprint density at radius 1 is 1.53 bits per heavy atom. The lowest BCUT2D eigenvalue weighted by atomic mass is 10.2. The summed E-state index contributed by atoms with van der Waals surface area (Å²) in [6, 6.07) is 4.81. The molecular formula is C10H10BrFO2S. The summed E-state index contributed by atoms with van der Waals surface area (Å²) < 4.78 is 13.3. The fraction of sp³-hybridized carbons (Fsp3) is 0.300. The number of benzene rings is 1. The van der Waals surface area contributed by atoms with Gasteiger partial charge < -0.3 is 5.11 Å². The van der Waals surface area contributed by atoms with Crippen molar-refractivity contribution in [1.82, 2.24) is 0 Å². The zero-order valence-corrected chi connectivity index (χ0v) is 10.3.